The third-order valence-electron chi connectivity index (χ3n) is 6.00. The summed E-state index contributed by atoms with van der Waals surface area (Å²) in [6.45, 7) is 7.62. The fourth-order valence-electron chi connectivity index (χ4n) is 4.49. The molecule has 26 heavy (non-hydrogen) atoms. The molecule has 2 aromatic rings. The molecule has 2 aromatic heterocycles. The minimum Gasteiger partial charge on any atom is -0.448 e. The van der Waals surface area contributed by atoms with Crippen molar-refractivity contribution in [3.05, 3.63) is 35.6 Å². The zero-order valence-corrected chi connectivity index (χ0v) is 15.6. The van der Waals surface area contributed by atoms with Gasteiger partial charge in [0.2, 0.25) is 0 Å². The summed E-state index contributed by atoms with van der Waals surface area (Å²) in [7, 11) is 0. The number of aromatic amines is 1. The van der Waals surface area contributed by atoms with E-state index in [0.717, 1.165) is 45.4 Å². The Morgan fingerprint density at radius 2 is 2.12 bits per heavy atom. The number of piperidine rings is 1. The first-order valence-electron chi connectivity index (χ1n) is 9.63. The van der Waals surface area contributed by atoms with Gasteiger partial charge in [-0.3, -0.25) is 9.69 Å². The zero-order valence-electron chi connectivity index (χ0n) is 15.6. The van der Waals surface area contributed by atoms with Crippen molar-refractivity contribution in [1.29, 1.82) is 0 Å². The number of H-pyrrole nitrogens is 1. The van der Waals surface area contributed by atoms with E-state index >= 15 is 0 Å². The van der Waals surface area contributed by atoms with Crippen molar-refractivity contribution in [2.45, 2.75) is 51.5 Å². The second-order valence-electron chi connectivity index (χ2n) is 7.40. The average Bonchev–Trinajstić information content (AvgIpc) is 3.31. The molecule has 2 aliphatic rings. The van der Waals surface area contributed by atoms with Crippen molar-refractivity contribution in [1.82, 2.24) is 24.8 Å². The molecule has 0 aromatic carbocycles. The van der Waals surface area contributed by atoms with Crippen LogP contribution in [0.15, 0.2) is 17.1 Å². The molecule has 4 heterocycles. The molecule has 1 saturated heterocycles. The van der Waals surface area contributed by atoms with E-state index in [2.05, 4.69) is 21.8 Å². The lowest BCUT2D eigenvalue weighted by Crippen LogP contribution is -2.57. The highest BCUT2D eigenvalue weighted by Gasteiger charge is 2.47. The molecule has 1 fully saturated rings. The Bertz CT molecular complexity index is 772. The topological polar surface area (TPSA) is 78.3 Å². The number of fused-ring (bicyclic) bond motifs is 2. The molecule has 1 amide bonds. The molecular formula is C19H27N5O2. The fourth-order valence-corrected chi connectivity index (χ4v) is 4.49. The summed E-state index contributed by atoms with van der Waals surface area (Å²) in [6.07, 6.45) is 8.41. The molecule has 0 saturated carbocycles. The van der Waals surface area contributed by atoms with Crippen LogP contribution in [0.3, 0.4) is 0 Å². The van der Waals surface area contributed by atoms with Crippen LogP contribution in [0.25, 0.3) is 0 Å². The van der Waals surface area contributed by atoms with E-state index in [1.165, 1.54) is 30.6 Å². The predicted octanol–water partition coefficient (Wildman–Crippen LogP) is 2.50. The summed E-state index contributed by atoms with van der Waals surface area (Å²) in [5.41, 5.74) is 2.86. The van der Waals surface area contributed by atoms with Gasteiger partial charge in [-0.2, -0.15) is 0 Å². The van der Waals surface area contributed by atoms with Crippen LogP contribution in [0, 0.1) is 6.92 Å². The summed E-state index contributed by atoms with van der Waals surface area (Å²) in [4.78, 5) is 29.4. The molecule has 0 radical (unpaired) electrons. The third kappa shape index (κ3) is 2.74. The summed E-state index contributed by atoms with van der Waals surface area (Å²) in [6, 6.07) is 0. The summed E-state index contributed by atoms with van der Waals surface area (Å²) >= 11 is 0. The maximum absolute atomic E-state index is 12.8. The normalized spacial score (nSPS) is 19.7. The van der Waals surface area contributed by atoms with Gasteiger partial charge >= 0.3 is 0 Å². The van der Waals surface area contributed by atoms with Gasteiger partial charge in [0, 0.05) is 31.7 Å². The Kier molecular flexibility index (Phi) is 4.56. The lowest BCUT2D eigenvalue weighted by molar-refractivity contribution is 0.00610. The number of carbonyl (C=O) groups excluding carboxylic acids is 1. The number of aryl methyl sites for hydroxylation is 1. The molecule has 7 nitrogen and oxygen atoms in total. The number of nitrogens with one attached hydrogen (secondary N) is 1. The van der Waals surface area contributed by atoms with Crippen molar-refractivity contribution in [3.63, 3.8) is 0 Å². The molecule has 4 rings (SSSR count). The number of imidazole rings is 1. The fraction of sp³-hybridized carbons (Fsp3) is 0.632. The molecule has 1 spiro atoms. The SMILES string of the molecule is CCCCN1CCc2[nH]cnc2C12CCN(C(=O)c1ncoc1C)CC2. The number of unbranched alkanes of at least 4 members (excludes halogenated alkanes) is 1. The Labute approximate surface area is 153 Å². The van der Waals surface area contributed by atoms with Crippen LogP contribution in [0.4, 0.5) is 0 Å². The molecule has 0 aliphatic carbocycles. The molecule has 140 valence electrons. The van der Waals surface area contributed by atoms with E-state index in [4.69, 9.17) is 9.40 Å². The summed E-state index contributed by atoms with van der Waals surface area (Å²) in [5, 5.41) is 0. The quantitative estimate of drug-likeness (QED) is 0.909. The molecular weight excluding hydrogens is 330 g/mol. The van der Waals surface area contributed by atoms with Crippen molar-refractivity contribution in [2.75, 3.05) is 26.2 Å². The van der Waals surface area contributed by atoms with Crippen LogP contribution < -0.4 is 0 Å². The molecule has 0 unspecified atom stereocenters. The number of likely N-dealkylation sites (tertiary alicyclic amines) is 1. The van der Waals surface area contributed by atoms with Crippen LogP contribution >= 0.6 is 0 Å². The summed E-state index contributed by atoms with van der Waals surface area (Å²) in [5.74, 6) is 0.566. The van der Waals surface area contributed by atoms with Gasteiger partial charge < -0.3 is 14.3 Å². The van der Waals surface area contributed by atoms with E-state index in [0.29, 0.717) is 11.5 Å². The predicted molar refractivity (Wildman–Crippen MR) is 96.8 cm³/mol. The highest BCUT2D eigenvalue weighted by atomic mass is 16.3. The maximum atomic E-state index is 12.8. The first-order valence-corrected chi connectivity index (χ1v) is 9.63. The first-order chi connectivity index (χ1) is 12.7. The minimum absolute atomic E-state index is 0.0238. The molecule has 2 aliphatic heterocycles. The number of carbonyl (C=O) groups is 1. The molecule has 7 heteroatoms. The van der Waals surface area contributed by atoms with Gasteiger partial charge in [-0.15, -0.1) is 0 Å². The number of rotatable bonds is 4. The lowest BCUT2D eigenvalue weighted by Gasteiger charge is -2.50. The van der Waals surface area contributed by atoms with E-state index in [9.17, 15) is 4.79 Å². The number of hydrogen-bond donors (Lipinski definition) is 1. The third-order valence-corrected chi connectivity index (χ3v) is 6.00. The Hall–Kier alpha value is -2.15. The Morgan fingerprint density at radius 3 is 2.81 bits per heavy atom. The number of hydrogen-bond acceptors (Lipinski definition) is 5. The second-order valence-corrected chi connectivity index (χ2v) is 7.40. The van der Waals surface area contributed by atoms with E-state index in [-0.39, 0.29) is 11.4 Å². The standard InChI is InChI=1S/C19H27N5O2/c1-3-4-8-24-9-5-15-17(21-12-20-15)19(24)6-10-23(11-7-19)18(25)16-14(2)26-13-22-16/h12-13H,3-11H2,1-2H3,(H,20,21). The second kappa shape index (κ2) is 6.87. The van der Waals surface area contributed by atoms with Crippen LogP contribution in [0.2, 0.25) is 0 Å². The van der Waals surface area contributed by atoms with Crippen molar-refractivity contribution in [2.24, 2.45) is 0 Å². The average molecular weight is 357 g/mol. The lowest BCUT2D eigenvalue weighted by atomic mass is 9.78. The van der Waals surface area contributed by atoms with Crippen molar-refractivity contribution >= 4 is 5.91 Å². The summed E-state index contributed by atoms with van der Waals surface area (Å²) < 4.78 is 5.20. The smallest absolute Gasteiger partial charge is 0.276 e. The minimum atomic E-state index is -0.0433. The van der Waals surface area contributed by atoms with Gasteiger partial charge in [-0.1, -0.05) is 13.3 Å². The van der Waals surface area contributed by atoms with Gasteiger partial charge in [0.1, 0.15) is 5.76 Å². The van der Waals surface area contributed by atoms with Crippen LogP contribution in [-0.2, 0) is 12.0 Å². The van der Waals surface area contributed by atoms with Crippen LogP contribution in [0.5, 0.6) is 0 Å². The monoisotopic (exact) mass is 357 g/mol. The van der Waals surface area contributed by atoms with Gasteiger partial charge in [-0.05, 0) is 32.7 Å². The molecule has 1 N–H and O–H groups in total. The van der Waals surface area contributed by atoms with Gasteiger partial charge in [0.05, 0.1) is 17.6 Å². The van der Waals surface area contributed by atoms with Gasteiger partial charge in [0.15, 0.2) is 12.1 Å². The highest BCUT2D eigenvalue weighted by Crippen LogP contribution is 2.42. The Morgan fingerprint density at radius 1 is 1.31 bits per heavy atom. The van der Waals surface area contributed by atoms with Gasteiger partial charge in [0.25, 0.3) is 5.91 Å². The molecule has 0 atom stereocenters. The Balaban J connectivity index is 1.55. The highest BCUT2D eigenvalue weighted by molar-refractivity contribution is 5.93. The van der Waals surface area contributed by atoms with Crippen molar-refractivity contribution in [3.8, 4) is 0 Å². The number of nitrogens with zero attached hydrogens (tertiary/aromatic N) is 4. The number of aromatic nitrogens is 3. The number of amides is 1. The van der Waals surface area contributed by atoms with E-state index in [1.807, 2.05) is 11.2 Å². The van der Waals surface area contributed by atoms with Crippen LogP contribution in [0.1, 0.15) is 60.2 Å². The van der Waals surface area contributed by atoms with Crippen LogP contribution in [-0.4, -0.2) is 56.8 Å². The zero-order chi connectivity index (χ0) is 18.1. The van der Waals surface area contributed by atoms with E-state index in [1.54, 1.807) is 6.92 Å². The number of oxazole rings is 1. The molecule has 0 bridgehead atoms. The maximum Gasteiger partial charge on any atom is 0.276 e. The van der Waals surface area contributed by atoms with E-state index < -0.39 is 0 Å². The largest absolute Gasteiger partial charge is 0.448 e. The van der Waals surface area contributed by atoms with Crippen molar-refractivity contribution < 1.29 is 9.21 Å². The first kappa shape index (κ1) is 17.3. The van der Waals surface area contributed by atoms with Gasteiger partial charge in [-0.25, -0.2) is 9.97 Å².